The van der Waals surface area contributed by atoms with Crippen molar-refractivity contribution in [3.63, 3.8) is 0 Å². The van der Waals surface area contributed by atoms with Crippen LogP contribution >= 0.6 is 23.4 Å². The lowest BCUT2D eigenvalue weighted by Gasteiger charge is -2.11. The Balaban J connectivity index is 2.04. The molecule has 1 amide bonds. The van der Waals surface area contributed by atoms with E-state index < -0.39 is 11.9 Å². The summed E-state index contributed by atoms with van der Waals surface area (Å²) in [7, 11) is 2.49. The van der Waals surface area contributed by atoms with E-state index in [9.17, 15) is 14.4 Å². The Hall–Kier alpha value is -2.51. The average molecular weight is 408 g/mol. The van der Waals surface area contributed by atoms with E-state index in [0.29, 0.717) is 10.8 Å². The number of rotatable bonds is 7. The van der Waals surface area contributed by atoms with E-state index >= 15 is 0 Å². The van der Waals surface area contributed by atoms with E-state index in [0.717, 1.165) is 4.90 Å². The highest BCUT2D eigenvalue weighted by atomic mass is 35.5. The number of benzene rings is 2. The fraction of sp³-hybridized carbons (Fsp3) is 0.211. The maximum absolute atomic E-state index is 12.3. The number of methoxy groups -OCH3 is 2. The molecular weight excluding hydrogens is 390 g/mol. The van der Waals surface area contributed by atoms with Crippen LogP contribution in [0.5, 0.6) is 0 Å². The van der Waals surface area contributed by atoms with Crippen LogP contribution in [0.4, 0.5) is 5.69 Å². The van der Waals surface area contributed by atoms with Crippen molar-refractivity contribution in [3.8, 4) is 0 Å². The molecule has 0 aliphatic rings. The highest BCUT2D eigenvalue weighted by molar-refractivity contribution is 7.99. The highest BCUT2D eigenvalue weighted by Crippen LogP contribution is 2.23. The van der Waals surface area contributed by atoms with Gasteiger partial charge in [-0.1, -0.05) is 11.6 Å². The van der Waals surface area contributed by atoms with Gasteiger partial charge < -0.3 is 14.8 Å². The molecule has 0 atom stereocenters. The average Bonchev–Trinajstić information content (AvgIpc) is 2.68. The Morgan fingerprint density at radius 1 is 1.00 bits per heavy atom. The van der Waals surface area contributed by atoms with E-state index in [1.54, 1.807) is 12.1 Å². The number of anilines is 1. The zero-order valence-electron chi connectivity index (χ0n) is 14.8. The molecule has 6 nitrogen and oxygen atoms in total. The van der Waals surface area contributed by atoms with Gasteiger partial charge in [-0.25, -0.2) is 9.59 Å². The predicted octanol–water partition coefficient (Wildman–Crippen LogP) is 4.03. The normalized spacial score (nSPS) is 10.2. The molecule has 1 N–H and O–H groups in total. The van der Waals surface area contributed by atoms with Crippen molar-refractivity contribution in [2.75, 3.05) is 25.3 Å². The van der Waals surface area contributed by atoms with Crippen LogP contribution in [0.2, 0.25) is 5.02 Å². The maximum Gasteiger partial charge on any atom is 0.339 e. The van der Waals surface area contributed by atoms with Crippen molar-refractivity contribution in [3.05, 3.63) is 58.6 Å². The topological polar surface area (TPSA) is 81.7 Å². The maximum atomic E-state index is 12.3. The molecule has 0 saturated heterocycles. The number of ether oxygens (including phenoxy) is 2. The zero-order valence-corrected chi connectivity index (χ0v) is 16.4. The second-order valence-electron chi connectivity index (χ2n) is 5.34. The minimum Gasteiger partial charge on any atom is -0.465 e. The van der Waals surface area contributed by atoms with Gasteiger partial charge in [0.05, 0.1) is 31.0 Å². The van der Waals surface area contributed by atoms with Gasteiger partial charge >= 0.3 is 11.9 Å². The van der Waals surface area contributed by atoms with Gasteiger partial charge in [0.15, 0.2) is 0 Å². The van der Waals surface area contributed by atoms with Crippen molar-refractivity contribution >= 4 is 46.9 Å². The first-order chi connectivity index (χ1) is 12.9. The van der Waals surface area contributed by atoms with E-state index in [1.165, 1.54) is 44.2 Å². The van der Waals surface area contributed by atoms with Crippen molar-refractivity contribution in [1.82, 2.24) is 0 Å². The second-order valence-corrected chi connectivity index (χ2v) is 6.95. The number of carbonyl (C=O) groups is 3. The van der Waals surface area contributed by atoms with Crippen molar-refractivity contribution in [2.45, 2.75) is 11.3 Å². The molecule has 8 heteroatoms. The number of nitrogens with one attached hydrogen (secondary N) is 1. The van der Waals surface area contributed by atoms with Gasteiger partial charge in [-0.15, -0.1) is 11.8 Å². The Morgan fingerprint density at radius 3 is 2.30 bits per heavy atom. The van der Waals surface area contributed by atoms with Gasteiger partial charge in [0.25, 0.3) is 0 Å². The molecule has 27 heavy (non-hydrogen) atoms. The fourth-order valence-corrected chi connectivity index (χ4v) is 3.16. The first-order valence-electron chi connectivity index (χ1n) is 7.93. The summed E-state index contributed by atoms with van der Waals surface area (Å²) in [5.41, 5.74) is 0.575. The van der Waals surface area contributed by atoms with Crippen molar-refractivity contribution < 1.29 is 23.9 Å². The van der Waals surface area contributed by atoms with Crippen molar-refractivity contribution in [2.24, 2.45) is 0 Å². The van der Waals surface area contributed by atoms with Gasteiger partial charge in [0.1, 0.15) is 0 Å². The molecule has 2 rings (SSSR count). The highest BCUT2D eigenvalue weighted by Gasteiger charge is 2.17. The Labute approximate surface area is 166 Å². The third-order valence-corrected chi connectivity index (χ3v) is 4.80. The summed E-state index contributed by atoms with van der Waals surface area (Å²) < 4.78 is 9.38. The molecule has 2 aromatic carbocycles. The summed E-state index contributed by atoms with van der Waals surface area (Å²) in [6.07, 6.45) is 0.219. The number of esters is 2. The van der Waals surface area contributed by atoms with Gasteiger partial charge in [-0.3, -0.25) is 4.79 Å². The molecule has 0 spiro atoms. The SMILES string of the molecule is COC(=O)c1ccc(C(=O)OC)c(NC(=O)CCSc2ccc(Cl)cc2)c1. The number of carbonyl (C=O) groups excluding carboxylic acids is 3. The van der Waals surface area contributed by atoms with Crippen LogP contribution in [0, 0.1) is 0 Å². The summed E-state index contributed by atoms with van der Waals surface area (Å²) in [6, 6.07) is 11.6. The van der Waals surface area contributed by atoms with Crippen LogP contribution in [0.25, 0.3) is 0 Å². The predicted molar refractivity (Wildman–Crippen MR) is 105 cm³/mol. The van der Waals surface area contributed by atoms with Gasteiger partial charge in [-0.2, -0.15) is 0 Å². The fourth-order valence-electron chi connectivity index (χ4n) is 2.19. The molecule has 0 aromatic heterocycles. The van der Waals surface area contributed by atoms with Crippen LogP contribution in [0.1, 0.15) is 27.1 Å². The molecule has 142 valence electrons. The van der Waals surface area contributed by atoms with E-state index in [4.69, 9.17) is 16.3 Å². The summed E-state index contributed by atoms with van der Waals surface area (Å²) in [5.74, 6) is -0.932. The minimum atomic E-state index is -0.614. The second kappa shape index (κ2) is 9.99. The van der Waals surface area contributed by atoms with Crippen LogP contribution in [0.15, 0.2) is 47.4 Å². The molecule has 0 heterocycles. The van der Waals surface area contributed by atoms with Crippen LogP contribution in [-0.2, 0) is 14.3 Å². The third kappa shape index (κ3) is 6.01. The van der Waals surface area contributed by atoms with Gasteiger partial charge in [0, 0.05) is 22.1 Å². The van der Waals surface area contributed by atoms with Gasteiger partial charge in [-0.05, 0) is 42.5 Å². The number of hydrogen-bond donors (Lipinski definition) is 1. The molecule has 2 aromatic rings. The van der Waals surface area contributed by atoms with E-state index in [-0.39, 0.29) is 29.1 Å². The lowest BCUT2D eigenvalue weighted by molar-refractivity contribution is -0.115. The summed E-state index contributed by atoms with van der Waals surface area (Å²) in [6.45, 7) is 0. The summed E-state index contributed by atoms with van der Waals surface area (Å²) >= 11 is 7.35. The zero-order chi connectivity index (χ0) is 19.8. The first-order valence-corrected chi connectivity index (χ1v) is 9.30. The summed E-state index contributed by atoms with van der Waals surface area (Å²) in [4.78, 5) is 36.8. The number of hydrogen-bond acceptors (Lipinski definition) is 6. The molecule has 0 aliphatic carbocycles. The molecule has 0 aliphatic heterocycles. The van der Waals surface area contributed by atoms with Gasteiger partial charge in [0.2, 0.25) is 5.91 Å². The van der Waals surface area contributed by atoms with E-state index in [2.05, 4.69) is 10.1 Å². The lowest BCUT2D eigenvalue weighted by Crippen LogP contribution is -2.16. The standard InChI is InChI=1S/C19H18ClNO5S/c1-25-18(23)12-3-8-15(19(24)26-2)16(11-12)21-17(22)9-10-27-14-6-4-13(20)5-7-14/h3-8,11H,9-10H2,1-2H3,(H,21,22). The molecule has 0 radical (unpaired) electrons. The molecular formula is C19H18ClNO5S. The van der Waals surface area contributed by atoms with Crippen molar-refractivity contribution in [1.29, 1.82) is 0 Å². The number of thioether (sulfide) groups is 1. The largest absolute Gasteiger partial charge is 0.465 e. The minimum absolute atomic E-state index is 0.156. The number of halogens is 1. The Morgan fingerprint density at radius 2 is 1.67 bits per heavy atom. The lowest BCUT2D eigenvalue weighted by atomic mass is 10.1. The van der Waals surface area contributed by atoms with E-state index in [1.807, 2.05) is 12.1 Å². The quantitative estimate of drug-likeness (QED) is 0.551. The van der Waals surface area contributed by atoms with Crippen LogP contribution in [-0.4, -0.2) is 37.8 Å². The molecule has 0 saturated carbocycles. The van der Waals surface area contributed by atoms with Crippen LogP contribution in [0.3, 0.4) is 0 Å². The summed E-state index contributed by atoms with van der Waals surface area (Å²) in [5, 5.41) is 3.31. The Kier molecular flexibility index (Phi) is 7.69. The molecule has 0 unspecified atom stereocenters. The molecule has 0 bridgehead atoms. The third-order valence-electron chi connectivity index (χ3n) is 3.53. The molecule has 0 fully saturated rings. The number of amides is 1. The smallest absolute Gasteiger partial charge is 0.339 e. The monoisotopic (exact) mass is 407 g/mol. The Bertz CT molecular complexity index is 838. The first kappa shape index (κ1) is 20.8. The van der Waals surface area contributed by atoms with Crippen LogP contribution < -0.4 is 5.32 Å².